The molecule has 0 saturated heterocycles. The van der Waals surface area contributed by atoms with Crippen molar-refractivity contribution in [1.82, 2.24) is 0 Å². The molecule has 0 saturated carbocycles. The minimum absolute atomic E-state index is 0.0238. The minimum atomic E-state index is -1.10. The maximum atomic E-state index is 13.4. The van der Waals surface area contributed by atoms with Crippen LogP contribution >= 0.6 is 0 Å². The summed E-state index contributed by atoms with van der Waals surface area (Å²) in [5.41, 5.74) is -0.242. The first-order valence-electron chi connectivity index (χ1n) is 5.23. The highest BCUT2D eigenvalue weighted by molar-refractivity contribution is 5.88. The number of hydrogen-bond donors (Lipinski definition) is 3. The summed E-state index contributed by atoms with van der Waals surface area (Å²) in [7, 11) is 0. The van der Waals surface area contributed by atoms with E-state index < -0.39 is 17.2 Å². The van der Waals surface area contributed by atoms with E-state index >= 15 is 0 Å². The van der Waals surface area contributed by atoms with Crippen LogP contribution < -0.4 is 5.32 Å². The molecule has 0 aromatic heterocycles. The Bertz CT molecular complexity index is 418. The zero-order valence-corrected chi connectivity index (χ0v) is 9.83. The summed E-state index contributed by atoms with van der Waals surface area (Å²) in [6.07, 6.45) is 0. The molecule has 0 aliphatic rings. The van der Waals surface area contributed by atoms with Crippen LogP contribution in [0.15, 0.2) is 18.2 Å². The molecule has 4 nitrogen and oxygen atoms in total. The van der Waals surface area contributed by atoms with Gasteiger partial charge in [-0.2, -0.15) is 0 Å². The fourth-order valence-corrected chi connectivity index (χ4v) is 1.18. The third kappa shape index (κ3) is 3.71. The van der Waals surface area contributed by atoms with Gasteiger partial charge in [-0.3, -0.25) is 0 Å². The Hall–Kier alpha value is -1.62. The van der Waals surface area contributed by atoms with Gasteiger partial charge in [0.05, 0.1) is 11.3 Å². The highest BCUT2D eigenvalue weighted by atomic mass is 19.1. The predicted octanol–water partition coefficient (Wildman–Crippen LogP) is 1.95. The second kappa shape index (κ2) is 5.14. The Labute approximate surface area is 99.1 Å². The molecule has 17 heavy (non-hydrogen) atoms. The third-order valence-corrected chi connectivity index (χ3v) is 2.40. The lowest BCUT2D eigenvalue weighted by molar-refractivity contribution is 0.0697. The summed E-state index contributed by atoms with van der Waals surface area (Å²) < 4.78 is 13.4. The normalized spacial score (nSPS) is 11.3. The molecular formula is C12H16FNO3. The molecule has 94 valence electrons. The average Bonchev–Trinajstić information content (AvgIpc) is 2.27. The lowest BCUT2D eigenvalue weighted by Crippen LogP contribution is -2.27. The molecule has 3 N–H and O–H groups in total. The van der Waals surface area contributed by atoms with Gasteiger partial charge in [0, 0.05) is 18.6 Å². The highest BCUT2D eigenvalue weighted by Crippen LogP contribution is 2.20. The lowest BCUT2D eigenvalue weighted by Gasteiger charge is -2.22. The van der Waals surface area contributed by atoms with E-state index in [1.54, 1.807) is 0 Å². The van der Waals surface area contributed by atoms with Crippen molar-refractivity contribution in [2.75, 3.05) is 18.5 Å². The fourth-order valence-electron chi connectivity index (χ4n) is 1.18. The zero-order valence-electron chi connectivity index (χ0n) is 9.83. The molecule has 1 aromatic carbocycles. The van der Waals surface area contributed by atoms with Crippen molar-refractivity contribution in [3.63, 3.8) is 0 Å². The first-order valence-corrected chi connectivity index (χ1v) is 5.23. The third-order valence-electron chi connectivity index (χ3n) is 2.40. The minimum Gasteiger partial charge on any atom is -0.478 e. The average molecular weight is 241 g/mol. The molecule has 1 aromatic rings. The van der Waals surface area contributed by atoms with Gasteiger partial charge < -0.3 is 15.5 Å². The quantitative estimate of drug-likeness (QED) is 0.737. The van der Waals surface area contributed by atoms with Crippen LogP contribution in [0.2, 0.25) is 0 Å². The molecule has 0 bridgehead atoms. The van der Waals surface area contributed by atoms with Crippen LogP contribution in [-0.4, -0.2) is 29.3 Å². The van der Waals surface area contributed by atoms with Crippen LogP contribution in [0.1, 0.15) is 24.2 Å². The Morgan fingerprint density at radius 1 is 1.47 bits per heavy atom. The molecule has 0 aliphatic carbocycles. The van der Waals surface area contributed by atoms with Gasteiger partial charge in [-0.05, 0) is 18.2 Å². The zero-order chi connectivity index (χ0) is 13.1. The number of carboxylic acids is 1. The monoisotopic (exact) mass is 241 g/mol. The van der Waals surface area contributed by atoms with Gasteiger partial charge >= 0.3 is 5.97 Å². The maximum Gasteiger partial charge on any atom is 0.335 e. The van der Waals surface area contributed by atoms with Crippen molar-refractivity contribution in [3.8, 4) is 0 Å². The Balaban J connectivity index is 2.83. The first kappa shape index (κ1) is 13.4. The van der Waals surface area contributed by atoms with E-state index in [0.717, 1.165) is 6.07 Å². The SMILES string of the molecule is CC(C)(CO)CNc1cc(C(=O)O)ccc1F. The van der Waals surface area contributed by atoms with Crippen LogP contribution in [0.25, 0.3) is 0 Å². The first-order chi connectivity index (χ1) is 7.85. The molecule has 0 atom stereocenters. The largest absolute Gasteiger partial charge is 0.478 e. The molecule has 0 aliphatic heterocycles. The van der Waals surface area contributed by atoms with Crippen LogP contribution in [0.3, 0.4) is 0 Å². The number of rotatable bonds is 5. The lowest BCUT2D eigenvalue weighted by atomic mass is 9.95. The summed E-state index contributed by atoms with van der Waals surface area (Å²) in [5, 5.41) is 20.6. The van der Waals surface area contributed by atoms with Crippen molar-refractivity contribution < 1.29 is 19.4 Å². The standard InChI is InChI=1S/C12H16FNO3/c1-12(2,7-15)6-14-10-5-8(11(16)17)3-4-9(10)13/h3-5,14-15H,6-7H2,1-2H3,(H,16,17). The number of carboxylic acid groups (broad SMARTS) is 1. The Kier molecular flexibility index (Phi) is 4.07. The van der Waals surface area contributed by atoms with E-state index in [2.05, 4.69) is 5.32 Å². The number of aliphatic hydroxyl groups excluding tert-OH is 1. The van der Waals surface area contributed by atoms with Crippen molar-refractivity contribution in [2.45, 2.75) is 13.8 Å². The molecule has 0 spiro atoms. The van der Waals surface area contributed by atoms with E-state index in [-0.39, 0.29) is 17.9 Å². The van der Waals surface area contributed by atoms with Gasteiger partial charge in [0.2, 0.25) is 0 Å². The number of nitrogens with one attached hydrogen (secondary N) is 1. The second-order valence-corrected chi connectivity index (χ2v) is 4.68. The van der Waals surface area contributed by atoms with E-state index in [1.165, 1.54) is 12.1 Å². The Morgan fingerprint density at radius 2 is 2.12 bits per heavy atom. The summed E-state index contributed by atoms with van der Waals surface area (Å²) in [6.45, 7) is 3.95. The van der Waals surface area contributed by atoms with Gasteiger partial charge in [-0.25, -0.2) is 9.18 Å². The number of benzene rings is 1. The van der Waals surface area contributed by atoms with Gasteiger partial charge in [-0.15, -0.1) is 0 Å². The Morgan fingerprint density at radius 3 is 2.65 bits per heavy atom. The number of aliphatic hydroxyl groups is 1. The van der Waals surface area contributed by atoms with Crippen molar-refractivity contribution in [2.24, 2.45) is 5.41 Å². The number of carbonyl (C=O) groups is 1. The number of halogens is 1. The summed E-state index contributed by atoms with van der Waals surface area (Å²) in [6, 6.07) is 3.56. The number of aromatic carboxylic acids is 1. The molecule has 0 unspecified atom stereocenters. The van der Waals surface area contributed by atoms with E-state index in [9.17, 15) is 9.18 Å². The molecule has 0 radical (unpaired) electrons. The van der Waals surface area contributed by atoms with Crippen LogP contribution in [0.5, 0.6) is 0 Å². The van der Waals surface area contributed by atoms with Crippen LogP contribution in [-0.2, 0) is 0 Å². The van der Waals surface area contributed by atoms with Gasteiger partial charge in [0.1, 0.15) is 5.82 Å². The highest BCUT2D eigenvalue weighted by Gasteiger charge is 2.17. The molecule has 0 fully saturated rings. The van der Waals surface area contributed by atoms with E-state index in [1.807, 2.05) is 13.8 Å². The second-order valence-electron chi connectivity index (χ2n) is 4.68. The molecule has 0 heterocycles. The van der Waals surface area contributed by atoms with Gasteiger partial charge in [0.25, 0.3) is 0 Å². The van der Waals surface area contributed by atoms with Crippen LogP contribution in [0, 0.1) is 11.2 Å². The summed E-state index contributed by atoms with van der Waals surface area (Å²) >= 11 is 0. The molecule has 1 rings (SSSR count). The molecule has 0 amide bonds. The maximum absolute atomic E-state index is 13.4. The van der Waals surface area contributed by atoms with Crippen molar-refractivity contribution >= 4 is 11.7 Å². The molecular weight excluding hydrogens is 225 g/mol. The number of hydrogen-bond acceptors (Lipinski definition) is 3. The molecule has 5 heteroatoms. The summed E-state index contributed by atoms with van der Waals surface area (Å²) in [4.78, 5) is 10.7. The number of anilines is 1. The topological polar surface area (TPSA) is 69.6 Å². The van der Waals surface area contributed by atoms with Crippen molar-refractivity contribution in [1.29, 1.82) is 0 Å². The van der Waals surface area contributed by atoms with Crippen molar-refractivity contribution in [3.05, 3.63) is 29.6 Å². The van der Waals surface area contributed by atoms with Crippen LogP contribution in [0.4, 0.5) is 10.1 Å². The van der Waals surface area contributed by atoms with E-state index in [0.29, 0.717) is 6.54 Å². The van der Waals surface area contributed by atoms with Gasteiger partial charge in [-0.1, -0.05) is 13.8 Å². The smallest absolute Gasteiger partial charge is 0.335 e. The predicted molar refractivity (Wildman–Crippen MR) is 62.7 cm³/mol. The van der Waals surface area contributed by atoms with Gasteiger partial charge in [0.15, 0.2) is 0 Å². The summed E-state index contributed by atoms with van der Waals surface area (Å²) in [5.74, 6) is -1.61. The fraction of sp³-hybridized carbons (Fsp3) is 0.417. The van der Waals surface area contributed by atoms with E-state index in [4.69, 9.17) is 10.2 Å².